The van der Waals surface area contributed by atoms with E-state index in [-0.39, 0.29) is 17.6 Å². The Morgan fingerprint density at radius 1 is 1.39 bits per heavy atom. The van der Waals surface area contributed by atoms with Crippen molar-refractivity contribution in [2.24, 2.45) is 5.92 Å². The van der Waals surface area contributed by atoms with Crippen molar-refractivity contribution in [2.45, 2.75) is 20.4 Å². The van der Waals surface area contributed by atoms with Crippen molar-refractivity contribution in [1.82, 2.24) is 10.6 Å². The van der Waals surface area contributed by atoms with Gasteiger partial charge in [0.2, 0.25) is 5.91 Å². The first-order chi connectivity index (χ1) is 8.50. The van der Waals surface area contributed by atoms with Crippen molar-refractivity contribution >= 4 is 17.5 Å². The topological polar surface area (TPSA) is 41.1 Å². The molecule has 3 nitrogen and oxygen atoms in total. The molecule has 0 atom stereocenters. The number of amides is 1. The van der Waals surface area contributed by atoms with Crippen molar-refractivity contribution in [1.29, 1.82) is 0 Å². The van der Waals surface area contributed by atoms with Crippen LogP contribution in [-0.2, 0) is 11.3 Å². The van der Waals surface area contributed by atoms with E-state index in [2.05, 4.69) is 10.6 Å². The number of hydrogen-bond donors (Lipinski definition) is 2. The van der Waals surface area contributed by atoms with E-state index in [4.69, 9.17) is 11.6 Å². The Kier molecular flexibility index (Phi) is 6.09. The van der Waals surface area contributed by atoms with Gasteiger partial charge in [0.1, 0.15) is 5.82 Å². The maximum absolute atomic E-state index is 13.4. The van der Waals surface area contributed by atoms with Crippen LogP contribution in [0.15, 0.2) is 18.2 Å². The van der Waals surface area contributed by atoms with Crippen LogP contribution in [0.2, 0.25) is 5.02 Å². The lowest BCUT2D eigenvalue weighted by Gasteiger charge is -2.09. The maximum Gasteiger partial charge on any atom is 0.222 e. The predicted molar refractivity (Wildman–Crippen MR) is 71.0 cm³/mol. The summed E-state index contributed by atoms with van der Waals surface area (Å²) < 4.78 is 13.4. The highest BCUT2D eigenvalue weighted by atomic mass is 35.5. The lowest BCUT2D eigenvalue weighted by molar-refractivity contribution is -0.123. The number of halogens is 2. The van der Waals surface area contributed by atoms with E-state index in [0.717, 1.165) is 0 Å². The zero-order valence-corrected chi connectivity index (χ0v) is 11.4. The molecular weight excluding hydrogens is 255 g/mol. The molecule has 0 aliphatic heterocycles. The molecule has 0 heterocycles. The van der Waals surface area contributed by atoms with Gasteiger partial charge in [0.05, 0.1) is 0 Å². The van der Waals surface area contributed by atoms with Crippen LogP contribution in [0.1, 0.15) is 19.4 Å². The zero-order valence-electron chi connectivity index (χ0n) is 10.6. The van der Waals surface area contributed by atoms with Crippen LogP contribution >= 0.6 is 11.6 Å². The maximum atomic E-state index is 13.4. The van der Waals surface area contributed by atoms with Crippen molar-refractivity contribution in [3.8, 4) is 0 Å². The van der Waals surface area contributed by atoms with Gasteiger partial charge in [-0.25, -0.2) is 4.39 Å². The largest absolute Gasteiger partial charge is 0.355 e. The summed E-state index contributed by atoms with van der Waals surface area (Å²) in [5.41, 5.74) is 0.564. The van der Waals surface area contributed by atoms with E-state index in [1.807, 2.05) is 13.8 Å². The smallest absolute Gasteiger partial charge is 0.222 e. The summed E-state index contributed by atoms with van der Waals surface area (Å²) in [7, 11) is 0. The number of rotatable bonds is 6. The Morgan fingerprint density at radius 2 is 2.11 bits per heavy atom. The first kappa shape index (κ1) is 14.9. The second-order valence-corrected chi connectivity index (χ2v) is 4.79. The van der Waals surface area contributed by atoms with Crippen molar-refractivity contribution in [3.63, 3.8) is 0 Å². The van der Waals surface area contributed by atoms with Gasteiger partial charge in [0.25, 0.3) is 0 Å². The fraction of sp³-hybridized carbons (Fsp3) is 0.462. The number of nitrogens with one attached hydrogen (secondary N) is 2. The van der Waals surface area contributed by atoms with Crippen LogP contribution < -0.4 is 10.6 Å². The molecule has 1 aromatic rings. The van der Waals surface area contributed by atoms with Gasteiger partial charge in [-0.1, -0.05) is 31.5 Å². The molecule has 0 bridgehead atoms. The van der Waals surface area contributed by atoms with Gasteiger partial charge in [-0.2, -0.15) is 0 Å². The van der Waals surface area contributed by atoms with Gasteiger partial charge >= 0.3 is 0 Å². The molecule has 5 heteroatoms. The lowest BCUT2D eigenvalue weighted by Crippen LogP contribution is -2.34. The molecule has 0 spiro atoms. The second-order valence-electron chi connectivity index (χ2n) is 4.36. The average molecular weight is 273 g/mol. The molecule has 1 amide bonds. The third-order valence-corrected chi connectivity index (χ3v) is 2.69. The SMILES string of the molecule is CC(C)C(=O)NCCNCc1ccc(Cl)cc1F. The summed E-state index contributed by atoms with van der Waals surface area (Å²) in [6.45, 7) is 5.23. The summed E-state index contributed by atoms with van der Waals surface area (Å²) in [4.78, 5) is 11.3. The highest BCUT2D eigenvalue weighted by Crippen LogP contribution is 2.14. The Labute approximate surface area is 112 Å². The summed E-state index contributed by atoms with van der Waals surface area (Å²) in [5.74, 6) is -0.311. The zero-order chi connectivity index (χ0) is 13.5. The molecule has 1 aromatic carbocycles. The molecule has 0 aliphatic rings. The fourth-order valence-corrected chi connectivity index (χ4v) is 1.53. The molecule has 18 heavy (non-hydrogen) atoms. The molecule has 0 unspecified atom stereocenters. The molecule has 0 saturated heterocycles. The Morgan fingerprint density at radius 3 is 2.72 bits per heavy atom. The molecule has 100 valence electrons. The van der Waals surface area contributed by atoms with Crippen LogP contribution in [0.25, 0.3) is 0 Å². The van der Waals surface area contributed by atoms with E-state index >= 15 is 0 Å². The molecule has 0 radical (unpaired) electrons. The van der Waals surface area contributed by atoms with Crippen LogP contribution in [0, 0.1) is 11.7 Å². The quantitative estimate of drug-likeness (QED) is 0.781. The van der Waals surface area contributed by atoms with E-state index in [1.165, 1.54) is 6.07 Å². The molecule has 0 saturated carbocycles. The van der Waals surface area contributed by atoms with E-state index in [9.17, 15) is 9.18 Å². The minimum absolute atomic E-state index is 0.0151. The number of carbonyl (C=O) groups excluding carboxylic acids is 1. The van der Waals surface area contributed by atoms with Gasteiger partial charge in [-0.15, -0.1) is 0 Å². The first-order valence-electron chi connectivity index (χ1n) is 5.93. The third kappa shape index (κ3) is 5.02. The van der Waals surface area contributed by atoms with Crippen molar-refractivity contribution < 1.29 is 9.18 Å². The van der Waals surface area contributed by atoms with Crippen LogP contribution in [0.3, 0.4) is 0 Å². The monoisotopic (exact) mass is 272 g/mol. The van der Waals surface area contributed by atoms with Gasteiger partial charge in [0.15, 0.2) is 0 Å². The van der Waals surface area contributed by atoms with Crippen LogP contribution in [0.5, 0.6) is 0 Å². The minimum Gasteiger partial charge on any atom is -0.355 e. The number of hydrogen-bond acceptors (Lipinski definition) is 2. The number of carbonyl (C=O) groups is 1. The summed E-state index contributed by atoms with van der Waals surface area (Å²) in [6, 6.07) is 4.60. The van der Waals surface area contributed by atoms with E-state index in [1.54, 1.807) is 12.1 Å². The third-order valence-electron chi connectivity index (χ3n) is 2.46. The Balaban J connectivity index is 2.24. The molecule has 0 aliphatic carbocycles. The highest BCUT2D eigenvalue weighted by molar-refractivity contribution is 6.30. The molecule has 0 aromatic heterocycles. The van der Waals surface area contributed by atoms with Crippen molar-refractivity contribution in [2.75, 3.05) is 13.1 Å². The Hall–Kier alpha value is -1.13. The highest BCUT2D eigenvalue weighted by Gasteiger charge is 2.05. The van der Waals surface area contributed by atoms with Crippen molar-refractivity contribution in [3.05, 3.63) is 34.6 Å². The van der Waals surface area contributed by atoms with Gasteiger partial charge in [0, 0.05) is 36.1 Å². The van der Waals surface area contributed by atoms with Gasteiger partial charge in [-0.05, 0) is 12.1 Å². The predicted octanol–water partition coefficient (Wildman–Crippen LogP) is 2.34. The molecule has 1 rings (SSSR count). The summed E-state index contributed by atoms with van der Waals surface area (Å²) >= 11 is 5.66. The van der Waals surface area contributed by atoms with Crippen LogP contribution in [0.4, 0.5) is 4.39 Å². The fourth-order valence-electron chi connectivity index (χ4n) is 1.37. The molecular formula is C13H18ClFN2O. The van der Waals surface area contributed by atoms with E-state index < -0.39 is 0 Å². The standard InChI is InChI=1S/C13H18ClFN2O/c1-9(2)13(18)17-6-5-16-8-10-3-4-11(14)7-12(10)15/h3-4,7,9,16H,5-6,8H2,1-2H3,(H,17,18). The summed E-state index contributed by atoms with van der Waals surface area (Å²) in [5, 5.41) is 6.22. The van der Waals surface area contributed by atoms with Crippen LogP contribution in [-0.4, -0.2) is 19.0 Å². The Bertz CT molecular complexity index is 410. The molecule has 0 fully saturated rings. The average Bonchev–Trinajstić information content (AvgIpc) is 2.30. The molecule has 2 N–H and O–H groups in total. The second kappa shape index (κ2) is 7.34. The lowest BCUT2D eigenvalue weighted by atomic mass is 10.2. The number of benzene rings is 1. The summed E-state index contributed by atoms with van der Waals surface area (Å²) in [6.07, 6.45) is 0. The van der Waals surface area contributed by atoms with E-state index in [0.29, 0.717) is 30.2 Å². The normalized spacial score (nSPS) is 10.7. The minimum atomic E-state index is -0.318. The van der Waals surface area contributed by atoms with Gasteiger partial charge < -0.3 is 10.6 Å². The van der Waals surface area contributed by atoms with Gasteiger partial charge in [-0.3, -0.25) is 4.79 Å². The first-order valence-corrected chi connectivity index (χ1v) is 6.31.